The van der Waals surface area contributed by atoms with E-state index in [9.17, 15) is 33.2 Å². The molecule has 0 bridgehead atoms. The summed E-state index contributed by atoms with van der Waals surface area (Å²) >= 11 is 0. The number of halogens is 3. The number of likely N-dealkylation sites (tertiary alicyclic amines) is 1. The molecule has 8 nitrogen and oxygen atoms in total. The summed E-state index contributed by atoms with van der Waals surface area (Å²) < 4.78 is 44.8. The Morgan fingerprint density at radius 2 is 1.77 bits per heavy atom. The van der Waals surface area contributed by atoms with Crippen LogP contribution in [0.15, 0.2) is 54.7 Å². The second-order valence-electron chi connectivity index (χ2n) is 8.86. The number of aliphatic carboxylic acids is 1. The number of aromatic nitrogens is 1. The Hall–Kier alpha value is -3.44. The van der Waals surface area contributed by atoms with Gasteiger partial charge in [-0.15, -0.1) is 0 Å². The molecular formula is C24H24F3N3O5. The third-order valence-corrected chi connectivity index (χ3v) is 6.58. The number of hydrogen-bond acceptors (Lipinski definition) is 5. The molecule has 0 spiro atoms. The van der Waals surface area contributed by atoms with Crippen molar-refractivity contribution in [2.45, 2.75) is 31.2 Å². The van der Waals surface area contributed by atoms with Gasteiger partial charge in [0.05, 0.1) is 16.4 Å². The van der Waals surface area contributed by atoms with Crippen LogP contribution in [0.3, 0.4) is 0 Å². The van der Waals surface area contributed by atoms with Gasteiger partial charge in [-0.3, -0.25) is 19.8 Å². The quantitative estimate of drug-likeness (QED) is 0.380. The summed E-state index contributed by atoms with van der Waals surface area (Å²) in [5.41, 5.74) is -2.97. The normalized spacial score (nSPS) is 17.4. The molecule has 186 valence electrons. The Morgan fingerprint density at radius 1 is 1.11 bits per heavy atom. The molecule has 1 fully saturated rings. The van der Waals surface area contributed by atoms with Crippen molar-refractivity contribution >= 4 is 22.6 Å². The molecule has 1 aliphatic heterocycles. The molecule has 11 heteroatoms. The third-order valence-electron chi connectivity index (χ3n) is 6.58. The van der Waals surface area contributed by atoms with E-state index in [-0.39, 0.29) is 49.1 Å². The van der Waals surface area contributed by atoms with Crippen LogP contribution in [0.1, 0.15) is 24.0 Å². The highest BCUT2D eigenvalue weighted by molar-refractivity contribution is 5.87. The van der Waals surface area contributed by atoms with E-state index >= 15 is 0 Å². The number of nitrogens with zero attached hydrogens (tertiary/aromatic N) is 3. The average molecular weight is 491 g/mol. The Kier molecular flexibility index (Phi) is 6.56. The fourth-order valence-electron chi connectivity index (χ4n) is 4.62. The predicted octanol–water partition coefficient (Wildman–Crippen LogP) is 4.14. The number of piperidine rings is 1. The number of hydrogen-bond donors (Lipinski definition) is 2. The highest BCUT2D eigenvalue weighted by Crippen LogP contribution is 2.44. The lowest BCUT2D eigenvalue weighted by Crippen LogP contribution is -2.52. The zero-order valence-electron chi connectivity index (χ0n) is 18.6. The summed E-state index contributed by atoms with van der Waals surface area (Å²) in [7, 11) is 0. The molecular weight excluding hydrogens is 467 g/mol. The molecule has 1 unspecified atom stereocenters. The van der Waals surface area contributed by atoms with Crippen LogP contribution in [0.5, 0.6) is 0 Å². The molecule has 2 N–H and O–H groups in total. The number of carbonyl (C=O) groups is 1. The second kappa shape index (κ2) is 9.31. The first-order chi connectivity index (χ1) is 16.5. The van der Waals surface area contributed by atoms with Crippen LogP contribution in [-0.4, -0.2) is 56.4 Å². The third kappa shape index (κ3) is 4.87. The van der Waals surface area contributed by atoms with Crippen LogP contribution in [-0.2, 0) is 16.9 Å². The van der Waals surface area contributed by atoms with E-state index in [1.165, 1.54) is 27.8 Å². The Morgan fingerprint density at radius 3 is 2.34 bits per heavy atom. The minimum atomic E-state index is -5.05. The summed E-state index contributed by atoms with van der Waals surface area (Å²) in [6.45, 7) is -0.423. The zero-order valence-corrected chi connectivity index (χ0v) is 18.6. The lowest BCUT2D eigenvalue weighted by molar-refractivity contribution is -0.384. The molecule has 0 aliphatic carbocycles. The maximum atomic E-state index is 14.4. The molecule has 35 heavy (non-hydrogen) atoms. The van der Waals surface area contributed by atoms with Gasteiger partial charge in [0.15, 0.2) is 0 Å². The number of non-ortho nitro benzene ring substituents is 1. The number of fused-ring (bicyclic) bond motifs is 1. The van der Waals surface area contributed by atoms with Gasteiger partial charge in [0.2, 0.25) is 5.60 Å². The van der Waals surface area contributed by atoms with Crippen LogP contribution in [0.2, 0.25) is 0 Å². The van der Waals surface area contributed by atoms with Gasteiger partial charge in [-0.05, 0) is 37.6 Å². The summed E-state index contributed by atoms with van der Waals surface area (Å²) in [6.07, 6.45) is -3.47. The average Bonchev–Trinajstić information content (AvgIpc) is 3.17. The number of β-amino-alcohol motifs (C(OH)–C–C–N with tert-alkyl or cyclic N) is 1. The first kappa shape index (κ1) is 24.7. The van der Waals surface area contributed by atoms with Crippen LogP contribution in [0.4, 0.5) is 18.9 Å². The molecule has 0 saturated carbocycles. The van der Waals surface area contributed by atoms with Gasteiger partial charge >= 0.3 is 12.1 Å². The first-order valence-corrected chi connectivity index (χ1v) is 11.1. The number of nitro benzene ring substituents is 1. The maximum absolute atomic E-state index is 14.4. The molecule has 1 atom stereocenters. The van der Waals surface area contributed by atoms with Gasteiger partial charge in [0, 0.05) is 42.4 Å². The topological polar surface area (TPSA) is 109 Å². The molecule has 0 amide bonds. The van der Waals surface area contributed by atoms with Crippen LogP contribution in [0, 0.1) is 16.0 Å². The molecule has 3 aromatic rings. The molecule has 1 aliphatic rings. The lowest BCUT2D eigenvalue weighted by atomic mass is 9.90. The summed E-state index contributed by atoms with van der Waals surface area (Å²) in [5.74, 6) is -1.61. The number of alkyl halides is 3. The minimum absolute atomic E-state index is 0.0618. The standard InChI is InChI=1S/C24H24F3N3O5/c25-24(26,27)23(33,15-28-10-8-17(9-11-28)22(31)32)20-14-29(13-16-4-2-1-3-5-16)21-12-18(30(34)35)6-7-19(20)21/h1-7,12,14,17,33H,8-11,13,15H2,(H,31,32). The molecule has 2 heterocycles. The van der Waals surface area contributed by atoms with Gasteiger partial charge in [-0.25, -0.2) is 0 Å². The highest BCUT2D eigenvalue weighted by atomic mass is 19.4. The van der Waals surface area contributed by atoms with E-state index in [2.05, 4.69) is 0 Å². The number of benzene rings is 2. The van der Waals surface area contributed by atoms with Gasteiger partial charge in [0.1, 0.15) is 0 Å². The monoisotopic (exact) mass is 491 g/mol. The van der Waals surface area contributed by atoms with Crippen molar-refractivity contribution in [3.63, 3.8) is 0 Å². The van der Waals surface area contributed by atoms with Gasteiger partial charge in [0.25, 0.3) is 5.69 Å². The Bertz CT molecular complexity index is 1240. The van der Waals surface area contributed by atoms with Gasteiger partial charge in [-0.2, -0.15) is 13.2 Å². The Labute approximate surface area is 198 Å². The largest absolute Gasteiger partial charge is 0.481 e. The van der Waals surface area contributed by atoms with Gasteiger partial charge < -0.3 is 14.8 Å². The van der Waals surface area contributed by atoms with Crippen LogP contribution in [0.25, 0.3) is 10.9 Å². The minimum Gasteiger partial charge on any atom is -0.481 e. The number of nitro groups is 1. The number of carboxylic acids is 1. The highest BCUT2D eigenvalue weighted by Gasteiger charge is 2.57. The lowest BCUT2D eigenvalue weighted by Gasteiger charge is -2.38. The number of aliphatic hydroxyl groups is 1. The van der Waals surface area contributed by atoms with Crippen molar-refractivity contribution in [1.29, 1.82) is 0 Å². The molecule has 0 radical (unpaired) electrons. The van der Waals surface area contributed by atoms with Crippen LogP contribution < -0.4 is 0 Å². The van der Waals surface area contributed by atoms with Crippen molar-refractivity contribution in [2.75, 3.05) is 19.6 Å². The van der Waals surface area contributed by atoms with Crippen molar-refractivity contribution in [1.82, 2.24) is 9.47 Å². The van der Waals surface area contributed by atoms with E-state index in [0.29, 0.717) is 0 Å². The fourth-order valence-corrected chi connectivity index (χ4v) is 4.62. The van der Waals surface area contributed by atoms with Crippen LogP contribution >= 0.6 is 0 Å². The van der Waals surface area contributed by atoms with Crippen molar-refractivity contribution in [3.05, 3.63) is 76.0 Å². The maximum Gasteiger partial charge on any atom is 0.422 e. The molecule has 1 aromatic heterocycles. The molecule has 4 rings (SSSR count). The van der Waals surface area contributed by atoms with Crippen molar-refractivity contribution < 1.29 is 33.1 Å². The number of rotatable bonds is 7. The smallest absolute Gasteiger partial charge is 0.422 e. The predicted molar refractivity (Wildman–Crippen MR) is 121 cm³/mol. The summed E-state index contributed by atoms with van der Waals surface area (Å²) in [6, 6.07) is 12.5. The van der Waals surface area contributed by atoms with E-state index in [4.69, 9.17) is 5.11 Å². The van der Waals surface area contributed by atoms with E-state index < -0.39 is 40.7 Å². The molecule has 2 aromatic carbocycles. The van der Waals surface area contributed by atoms with Gasteiger partial charge in [-0.1, -0.05) is 30.3 Å². The number of carboxylic acid groups (broad SMARTS) is 1. The SMILES string of the molecule is O=C(O)C1CCN(CC(O)(c2cn(Cc3ccccc3)c3cc([N+](=O)[O-])ccc23)C(F)(F)F)CC1. The second-order valence-corrected chi connectivity index (χ2v) is 8.86. The Balaban J connectivity index is 1.78. The van der Waals surface area contributed by atoms with Crippen molar-refractivity contribution in [2.24, 2.45) is 5.92 Å². The molecule has 1 saturated heterocycles. The van der Waals surface area contributed by atoms with E-state index in [0.717, 1.165) is 11.6 Å². The van der Waals surface area contributed by atoms with Crippen molar-refractivity contribution in [3.8, 4) is 0 Å². The summed E-state index contributed by atoms with van der Waals surface area (Å²) in [5, 5.41) is 31.7. The summed E-state index contributed by atoms with van der Waals surface area (Å²) in [4.78, 5) is 23.3. The van der Waals surface area contributed by atoms with E-state index in [1.54, 1.807) is 30.3 Å². The zero-order chi connectivity index (χ0) is 25.4. The first-order valence-electron chi connectivity index (χ1n) is 11.1. The van der Waals surface area contributed by atoms with E-state index in [1.807, 2.05) is 0 Å². The fraction of sp³-hybridized carbons (Fsp3) is 0.375.